The molecular weight excluding hydrogens is 156 g/mol. The van der Waals surface area contributed by atoms with Crippen LogP contribution < -0.4 is 0 Å². The Kier molecular flexibility index (Phi) is 2.76. The van der Waals surface area contributed by atoms with Gasteiger partial charge in [0, 0.05) is 17.3 Å². The van der Waals surface area contributed by atoms with Gasteiger partial charge in [0.1, 0.15) is 0 Å². The number of terminal acetylenes is 1. The first-order valence-electron chi connectivity index (χ1n) is 3.06. The van der Waals surface area contributed by atoms with Crippen LogP contribution in [0.2, 0.25) is 0 Å². The van der Waals surface area contributed by atoms with E-state index in [0.717, 1.165) is 11.8 Å². The molecule has 54 valence electrons. The van der Waals surface area contributed by atoms with E-state index < -0.39 is 0 Å². The lowest BCUT2D eigenvalue weighted by molar-refractivity contribution is 0.109. The summed E-state index contributed by atoms with van der Waals surface area (Å²) in [5, 5.41) is 2.16. The van der Waals surface area contributed by atoms with E-state index >= 15 is 0 Å². The van der Waals surface area contributed by atoms with Crippen molar-refractivity contribution < 1.29 is 4.79 Å². The Morgan fingerprint density at radius 3 is 2.55 bits per heavy atom. The van der Waals surface area contributed by atoms with Crippen LogP contribution in [0.25, 0.3) is 0 Å². The number of hydrogen-bond donors (Lipinski definition) is 0. The fraction of sp³-hybridized carbons (Fsp3) is 0. The zero-order valence-electron chi connectivity index (χ0n) is 5.78. The van der Waals surface area contributed by atoms with E-state index in [-0.39, 0.29) is 5.12 Å². The summed E-state index contributed by atoms with van der Waals surface area (Å²) in [5.74, 6) is 0. The van der Waals surface area contributed by atoms with Gasteiger partial charge in [-0.05, 0) is 5.25 Å². The summed E-state index contributed by atoms with van der Waals surface area (Å²) in [6, 6.07) is 8.96. The normalized spacial score (nSPS) is 8.64. The second-order valence-corrected chi connectivity index (χ2v) is 2.68. The summed E-state index contributed by atoms with van der Waals surface area (Å²) >= 11 is 0.873. The van der Waals surface area contributed by atoms with Gasteiger partial charge in [-0.1, -0.05) is 30.3 Å². The molecule has 0 aliphatic rings. The van der Waals surface area contributed by atoms with Crippen LogP contribution >= 0.6 is 11.8 Å². The fourth-order valence-electron chi connectivity index (χ4n) is 0.687. The topological polar surface area (TPSA) is 17.1 Å². The molecule has 11 heavy (non-hydrogen) atoms. The fourth-order valence-corrected chi connectivity index (χ4v) is 1.05. The molecule has 1 aromatic rings. The van der Waals surface area contributed by atoms with Crippen molar-refractivity contribution >= 4 is 16.9 Å². The summed E-state index contributed by atoms with van der Waals surface area (Å²) in [7, 11) is 0. The minimum atomic E-state index is -0.0758. The van der Waals surface area contributed by atoms with Crippen LogP contribution in [0.3, 0.4) is 0 Å². The van der Waals surface area contributed by atoms with Gasteiger partial charge in [0.25, 0.3) is 0 Å². The van der Waals surface area contributed by atoms with Gasteiger partial charge < -0.3 is 0 Å². The Bertz CT molecular complexity index is 284. The van der Waals surface area contributed by atoms with Gasteiger partial charge in [0.15, 0.2) is 0 Å². The lowest BCUT2D eigenvalue weighted by Gasteiger charge is -1.92. The van der Waals surface area contributed by atoms with E-state index in [2.05, 4.69) is 5.25 Å². The SMILES string of the molecule is C#CSC(=O)c1ccccc1. The number of carbonyl (C=O) groups excluding carboxylic acids is 1. The van der Waals surface area contributed by atoms with Crippen LogP contribution in [0, 0.1) is 11.7 Å². The molecule has 0 saturated heterocycles. The summed E-state index contributed by atoms with van der Waals surface area (Å²) in [4.78, 5) is 11.1. The molecule has 0 unspecified atom stereocenters. The third-order valence-corrected chi connectivity index (χ3v) is 1.70. The molecule has 0 saturated carbocycles. The molecular formula is C9H6OS. The standard InChI is InChI=1S/C9H6OS/c1-2-11-9(10)8-6-4-3-5-7-8/h1,3-7H. The molecule has 0 amide bonds. The molecule has 0 heterocycles. The molecule has 0 N–H and O–H groups in total. The Morgan fingerprint density at radius 2 is 2.00 bits per heavy atom. The zero-order valence-corrected chi connectivity index (χ0v) is 6.60. The predicted molar refractivity (Wildman–Crippen MR) is 47.2 cm³/mol. The van der Waals surface area contributed by atoms with Crippen molar-refractivity contribution in [2.75, 3.05) is 0 Å². The largest absolute Gasteiger partial charge is 0.281 e. The summed E-state index contributed by atoms with van der Waals surface area (Å²) < 4.78 is 0. The third-order valence-electron chi connectivity index (χ3n) is 1.16. The Hall–Kier alpha value is -1.20. The van der Waals surface area contributed by atoms with Crippen LogP contribution in [0.4, 0.5) is 0 Å². The molecule has 1 aromatic carbocycles. The molecule has 0 spiro atoms. The van der Waals surface area contributed by atoms with Crippen LogP contribution in [0.15, 0.2) is 30.3 Å². The average molecular weight is 162 g/mol. The van der Waals surface area contributed by atoms with Crippen LogP contribution in [0.1, 0.15) is 10.4 Å². The minimum Gasteiger partial charge on any atom is -0.281 e. The lowest BCUT2D eigenvalue weighted by Crippen LogP contribution is -1.89. The number of carbonyl (C=O) groups is 1. The highest BCUT2D eigenvalue weighted by molar-refractivity contribution is 8.18. The monoisotopic (exact) mass is 162 g/mol. The maximum absolute atomic E-state index is 11.1. The summed E-state index contributed by atoms with van der Waals surface area (Å²) in [6.07, 6.45) is 4.96. The van der Waals surface area contributed by atoms with E-state index in [1.807, 2.05) is 18.2 Å². The molecule has 0 aliphatic carbocycles. The zero-order chi connectivity index (χ0) is 8.10. The summed E-state index contributed by atoms with van der Waals surface area (Å²) in [6.45, 7) is 0. The number of rotatable bonds is 1. The molecule has 0 atom stereocenters. The van der Waals surface area contributed by atoms with Crippen LogP contribution in [0.5, 0.6) is 0 Å². The molecule has 0 aromatic heterocycles. The number of benzene rings is 1. The third kappa shape index (κ3) is 2.14. The van der Waals surface area contributed by atoms with E-state index in [1.165, 1.54) is 0 Å². The Morgan fingerprint density at radius 1 is 1.36 bits per heavy atom. The Balaban J connectivity index is 2.79. The van der Waals surface area contributed by atoms with Gasteiger partial charge >= 0.3 is 0 Å². The highest BCUT2D eigenvalue weighted by Gasteiger charge is 2.01. The smallest absolute Gasteiger partial charge is 0.231 e. The maximum atomic E-state index is 11.1. The molecule has 2 heteroatoms. The van der Waals surface area contributed by atoms with Crippen LogP contribution in [-0.2, 0) is 0 Å². The van der Waals surface area contributed by atoms with Crippen molar-refractivity contribution in [2.45, 2.75) is 0 Å². The van der Waals surface area contributed by atoms with Crippen molar-refractivity contribution in [3.63, 3.8) is 0 Å². The van der Waals surface area contributed by atoms with E-state index in [0.29, 0.717) is 5.56 Å². The van der Waals surface area contributed by atoms with Crippen molar-refractivity contribution in [1.82, 2.24) is 0 Å². The number of thioether (sulfide) groups is 1. The number of hydrogen-bond acceptors (Lipinski definition) is 2. The van der Waals surface area contributed by atoms with Crippen molar-refractivity contribution in [2.24, 2.45) is 0 Å². The lowest BCUT2D eigenvalue weighted by atomic mass is 10.2. The molecule has 0 bridgehead atoms. The van der Waals surface area contributed by atoms with Crippen molar-refractivity contribution in [3.8, 4) is 11.7 Å². The van der Waals surface area contributed by atoms with E-state index in [4.69, 9.17) is 6.42 Å². The first-order chi connectivity index (χ1) is 5.34. The summed E-state index contributed by atoms with van der Waals surface area (Å²) in [5.41, 5.74) is 0.649. The van der Waals surface area contributed by atoms with E-state index in [1.54, 1.807) is 12.1 Å². The maximum Gasteiger partial charge on any atom is 0.231 e. The van der Waals surface area contributed by atoms with Gasteiger partial charge in [0.2, 0.25) is 5.12 Å². The molecule has 0 fully saturated rings. The first kappa shape index (κ1) is 7.90. The van der Waals surface area contributed by atoms with Crippen LogP contribution in [-0.4, -0.2) is 5.12 Å². The molecule has 0 radical (unpaired) electrons. The highest BCUT2D eigenvalue weighted by Crippen LogP contribution is 2.09. The van der Waals surface area contributed by atoms with Gasteiger partial charge in [-0.2, -0.15) is 0 Å². The highest BCUT2D eigenvalue weighted by atomic mass is 32.2. The van der Waals surface area contributed by atoms with Gasteiger partial charge in [0.05, 0.1) is 0 Å². The average Bonchev–Trinajstić information content (AvgIpc) is 2.07. The van der Waals surface area contributed by atoms with Gasteiger partial charge in [-0.3, -0.25) is 4.79 Å². The minimum absolute atomic E-state index is 0.0758. The predicted octanol–water partition coefficient (Wildman–Crippen LogP) is 2.15. The second kappa shape index (κ2) is 3.85. The molecule has 1 nitrogen and oxygen atoms in total. The second-order valence-electron chi connectivity index (χ2n) is 1.87. The van der Waals surface area contributed by atoms with Crippen molar-refractivity contribution in [3.05, 3.63) is 35.9 Å². The quantitative estimate of drug-likeness (QED) is 0.588. The van der Waals surface area contributed by atoms with Gasteiger partial charge in [-0.15, -0.1) is 6.42 Å². The Labute approximate surface area is 69.8 Å². The molecule has 0 aliphatic heterocycles. The van der Waals surface area contributed by atoms with Gasteiger partial charge in [-0.25, -0.2) is 0 Å². The van der Waals surface area contributed by atoms with Crippen molar-refractivity contribution in [1.29, 1.82) is 0 Å². The molecule has 1 rings (SSSR count). The first-order valence-corrected chi connectivity index (χ1v) is 3.88. The van der Waals surface area contributed by atoms with E-state index in [9.17, 15) is 4.79 Å².